The molecule has 2 unspecified atom stereocenters. The van der Waals surface area contributed by atoms with Crippen molar-refractivity contribution in [2.24, 2.45) is 11.5 Å². The van der Waals surface area contributed by atoms with E-state index >= 15 is 0 Å². The van der Waals surface area contributed by atoms with Gasteiger partial charge in [-0.2, -0.15) is 4.98 Å². The predicted molar refractivity (Wildman–Crippen MR) is 150 cm³/mol. The standard InChI is InChI=1S/C19H19N7O6.C6H14N2O2/c20-19-25-15-14(17(30)26-19)23-11(8-22-15)7-21-10-3-1-9(2-4-10)16(29)24-12(18(31)32)5-6-13(27)28;7-4-2-1-3-5(8)6(9)10/h1-4,8,12,21H,5-7H2,(H,24,29)(H,27,28)(H,31,32)(H3,20,22,25,26,30);5H,1-4,7-8H2,(H,9,10). The summed E-state index contributed by atoms with van der Waals surface area (Å²) in [6.45, 7) is 0.834. The van der Waals surface area contributed by atoms with E-state index in [1.54, 1.807) is 12.1 Å². The van der Waals surface area contributed by atoms with E-state index in [2.05, 4.69) is 30.6 Å². The fourth-order valence-corrected chi connectivity index (χ4v) is 3.39. The van der Waals surface area contributed by atoms with E-state index in [9.17, 15) is 24.0 Å². The zero-order valence-electron chi connectivity index (χ0n) is 22.4. The van der Waals surface area contributed by atoms with Crippen LogP contribution in [0.25, 0.3) is 11.2 Å². The predicted octanol–water partition coefficient (Wildman–Crippen LogP) is -0.517. The zero-order valence-corrected chi connectivity index (χ0v) is 22.4. The SMILES string of the molecule is NCCCCC(N)C(=O)O.Nc1nc2ncc(CNc3ccc(C(=O)NC(CCC(=O)O)C(=O)O)cc3)nc2c(=O)[nH]1. The lowest BCUT2D eigenvalue weighted by molar-refractivity contribution is -0.141. The monoisotopic (exact) mass is 587 g/mol. The molecule has 2 heterocycles. The topological polar surface area (TPSA) is 303 Å². The Balaban J connectivity index is 0.000000528. The number of hydrogen-bond donors (Lipinski definition) is 9. The van der Waals surface area contributed by atoms with Crippen LogP contribution in [0, 0.1) is 0 Å². The molecule has 1 aromatic carbocycles. The van der Waals surface area contributed by atoms with E-state index in [0.717, 1.165) is 12.8 Å². The Labute approximate surface area is 238 Å². The van der Waals surface area contributed by atoms with Gasteiger partial charge in [-0.05, 0) is 50.1 Å². The van der Waals surface area contributed by atoms with E-state index in [1.165, 1.54) is 18.3 Å². The van der Waals surface area contributed by atoms with Crippen molar-refractivity contribution < 1.29 is 34.5 Å². The lowest BCUT2D eigenvalue weighted by atomic mass is 10.1. The summed E-state index contributed by atoms with van der Waals surface area (Å²) < 4.78 is 0. The minimum absolute atomic E-state index is 0.0524. The lowest BCUT2D eigenvalue weighted by Gasteiger charge is -2.14. The van der Waals surface area contributed by atoms with Crippen LogP contribution in [0.15, 0.2) is 35.3 Å². The third-order valence-electron chi connectivity index (χ3n) is 5.64. The average molecular weight is 588 g/mol. The third kappa shape index (κ3) is 10.8. The maximum atomic E-state index is 12.3. The number of benzene rings is 1. The summed E-state index contributed by atoms with van der Waals surface area (Å²) in [5.41, 5.74) is 16.9. The second-order valence-electron chi connectivity index (χ2n) is 8.94. The molecule has 0 radical (unpaired) electrons. The minimum atomic E-state index is -1.31. The molecule has 0 bridgehead atoms. The first-order chi connectivity index (χ1) is 19.9. The number of nitrogens with two attached hydrogens (primary N) is 3. The molecule has 2 atom stereocenters. The highest BCUT2D eigenvalue weighted by Crippen LogP contribution is 2.12. The number of H-pyrrole nitrogens is 1. The van der Waals surface area contributed by atoms with Crippen molar-refractivity contribution in [3.63, 3.8) is 0 Å². The highest BCUT2D eigenvalue weighted by atomic mass is 16.4. The normalized spacial score (nSPS) is 12.0. The summed E-state index contributed by atoms with van der Waals surface area (Å²) >= 11 is 0. The first-order valence-corrected chi connectivity index (χ1v) is 12.7. The van der Waals surface area contributed by atoms with Crippen molar-refractivity contribution in [3.8, 4) is 0 Å². The molecular formula is C25H33N9O8. The van der Waals surface area contributed by atoms with Gasteiger partial charge in [0, 0.05) is 17.7 Å². The largest absolute Gasteiger partial charge is 0.481 e. The number of nitrogens with zero attached hydrogens (tertiary/aromatic N) is 3. The Bertz CT molecular complexity index is 1450. The maximum absolute atomic E-state index is 12.3. The number of nitrogen functional groups attached to an aromatic ring is 1. The number of rotatable bonds is 14. The van der Waals surface area contributed by atoms with Crippen molar-refractivity contribution >= 4 is 46.6 Å². The third-order valence-corrected chi connectivity index (χ3v) is 5.64. The molecule has 17 heteroatoms. The van der Waals surface area contributed by atoms with Crippen LogP contribution >= 0.6 is 0 Å². The lowest BCUT2D eigenvalue weighted by Crippen LogP contribution is -2.41. The van der Waals surface area contributed by atoms with Gasteiger partial charge in [0.05, 0.1) is 18.4 Å². The second kappa shape index (κ2) is 16.2. The van der Waals surface area contributed by atoms with E-state index < -0.39 is 41.5 Å². The van der Waals surface area contributed by atoms with Crippen LogP contribution in [0.3, 0.4) is 0 Å². The van der Waals surface area contributed by atoms with E-state index in [1.807, 2.05) is 0 Å². The number of hydrogen-bond acceptors (Lipinski definition) is 12. The van der Waals surface area contributed by atoms with Crippen molar-refractivity contribution in [3.05, 3.63) is 52.1 Å². The number of carboxylic acids is 3. The van der Waals surface area contributed by atoms with Crippen LogP contribution in [0.5, 0.6) is 0 Å². The number of carbonyl (C=O) groups is 4. The summed E-state index contributed by atoms with van der Waals surface area (Å²) in [6.07, 6.45) is 3.00. The Morgan fingerprint density at radius 3 is 2.26 bits per heavy atom. The molecule has 17 nitrogen and oxygen atoms in total. The molecule has 0 aliphatic carbocycles. The van der Waals surface area contributed by atoms with Gasteiger partial charge in [-0.1, -0.05) is 6.42 Å². The van der Waals surface area contributed by atoms with Gasteiger partial charge in [0.15, 0.2) is 11.2 Å². The van der Waals surface area contributed by atoms with Gasteiger partial charge in [0.1, 0.15) is 12.1 Å². The van der Waals surface area contributed by atoms with E-state index in [0.29, 0.717) is 24.3 Å². The molecule has 226 valence electrons. The Hall–Kier alpha value is -5.16. The number of aromatic nitrogens is 4. The summed E-state index contributed by atoms with van der Waals surface area (Å²) in [6, 6.07) is 4.15. The molecule has 0 aliphatic rings. The molecule has 42 heavy (non-hydrogen) atoms. The van der Waals surface area contributed by atoms with Gasteiger partial charge in [-0.25, -0.2) is 14.8 Å². The number of aromatic amines is 1. The molecule has 0 aliphatic heterocycles. The van der Waals surface area contributed by atoms with Crippen LogP contribution < -0.4 is 33.4 Å². The van der Waals surface area contributed by atoms with Crippen molar-refractivity contribution in [1.29, 1.82) is 0 Å². The first kappa shape index (κ1) is 33.0. The number of amides is 1. The molecule has 0 saturated carbocycles. The van der Waals surface area contributed by atoms with Gasteiger partial charge in [0.2, 0.25) is 5.95 Å². The number of carbonyl (C=O) groups excluding carboxylic acids is 1. The van der Waals surface area contributed by atoms with Crippen LogP contribution in [0.4, 0.5) is 11.6 Å². The van der Waals surface area contributed by atoms with Crippen LogP contribution in [0.2, 0.25) is 0 Å². The molecule has 3 rings (SSSR count). The Kier molecular flexibility index (Phi) is 12.7. The minimum Gasteiger partial charge on any atom is -0.481 e. The highest BCUT2D eigenvalue weighted by molar-refractivity contribution is 5.97. The van der Waals surface area contributed by atoms with Gasteiger partial charge in [0.25, 0.3) is 11.5 Å². The summed E-state index contributed by atoms with van der Waals surface area (Å²) in [4.78, 5) is 70.7. The smallest absolute Gasteiger partial charge is 0.326 e. The quantitative estimate of drug-likeness (QED) is 0.107. The van der Waals surface area contributed by atoms with Crippen molar-refractivity contribution in [2.75, 3.05) is 17.6 Å². The first-order valence-electron chi connectivity index (χ1n) is 12.7. The van der Waals surface area contributed by atoms with Gasteiger partial charge >= 0.3 is 17.9 Å². The molecule has 0 saturated heterocycles. The molecule has 3 aromatic rings. The molecule has 0 fully saturated rings. The van der Waals surface area contributed by atoms with Crippen LogP contribution in [0.1, 0.15) is 48.2 Å². The number of aliphatic carboxylic acids is 3. The fourth-order valence-electron chi connectivity index (χ4n) is 3.39. The van der Waals surface area contributed by atoms with Crippen LogP contribution in [-0.2, 0) is 20.9 Å². The number of nitrogens with one attached hydrogen (secondary N) is 3. The van der Waals surface area contributed by atoms with E-state index in [-0.39, 0.29) is 42.1 Å². The molecule has 1 amide bonds. The average Bonchev–Trinajstić information content (AvgIpc) is 2.94. The van der Waals surface area contributed by atoms with Gasteiger partial charge in [-0.3, -0.25) is 24.2 Å². The van der Waals surface area contributed by atoms with Crippen molar-refractivity contribution in [1.82, 2.24) is 25.3 Å². The fraction of sp³-hybridized carbons (Fsp3) is 0.360. The van der Waals surface area contributed by atoms with Crippen LogP contribution in [-0.4, -0.2) is 77.7 Å². The molecular weight excluding hydrogens is 554 g/mol. The molecule has 0 spiro atoms. The number of unbranched alkanes of at least 4 members (excludes halogenated alkanes) is 1. The summed E-state index contributed by atoms with van der Waals surface area (Å²) in [5.74, 6) is -4.09. The Morgan fingerprint density at radius 2 is 1.67 bits per heavy atom. The van der Waals surface area contributed by atoms with E-state index in [4.69, 9.17) is 32.5 Å². The number of anilines is 2. The summed E-state index contributed by atoms with van der Waals surface area (Å²) in [7, 11) is 0. The Morgan fingerprint density at radius 1 is 0.976 bits per heavy atom. The number of carboxylic acid groups (broad SMARTS) is 3. The zero-order chi connectivity index (χ0) is 31.2. The molecule has 2 aromatic heterocycles. The van der Waals surface area contributed by atoms with Gasteiger partial charge < -0.3 is 43.2 Å². The van der Waals surface area contributed by atoms with Gasteiger partial charge in [-0.15, -0.1) is 0 Å². The summed E-state index contributed by atoms with van der Waals surface area (Å²) in [5, 5.41) is 31.5. The maximum Gasteiger partial charge on any atom is 0.326 e. The highest BCUT2D eigenvalue weighted by Gasteiger charge is 2.21. The number of fused-ring (bicyclic) bond motifs is 1. The van der Waals surface area contributed by atoms with Crippen molar-refractivity contribution in [2.45, 2.75) is 50.7 Å². The second-order valence-corrected chi connectivity index (χ2v) is 8.94. The molecule has 12 N–H and O–H groups in total.